The molecule has 0 radical (unpaired) electrons. The first-order valence-corrected chi connectivity index (χ1v) is 11.8. The van der Waals surface area contributed by atoms with Crippen LogP contribution in [0.15, 0.2) is 29.3 Å². The number of carbonyl (C=O) groups excluding carboxylic acids is 1. The molecular weight excluding hydrogens is 390 g/mol. The number of nitrogens with one attached hydrogen (secondary N) is 1. The van der Waals surface area contributed by atoms with E-state index in [0.717, 1.165) is 77.7 Å². The van der Waals surface area contributed by atoms with Gasteiger partial charge in [0.1, 0.15) is 0 Å². The zero-order valence-corrected chi connectivity index (χ0v) is 19.5. The molecule has 0 atom stereocenters. The van der Waals surface area contributed by atoms with Crippen molar-refractivity contribution in [2.24, 2.45) is 10.9 Å². The number of esters is 1. The van der Waals surface area contributed by atoms with Crippen molar-refractivity contribution in [3.8, 4) is 0 Å². The van der Waals surface area contributed by atoms with Crippen LogP contribution in [0.5, 0.6) is 0 Å². The summed E-state index contributed by atoms with van der Waals surface area (Å²) in [5.41, 5.74) is 2.71. The van der Waals surface area contributed by atoms with Gasteiger partial charge in [-0.05, 0) is 37.4 Å². The SMILES string of the molecule is CCOC(=O)C1CCN(C(=NC)NCc2ccccc2CN2CCN(CC)CC2)CC1. The molecular formula is C24H39N5O2. The van der Waals surface area contributed by atoms with E-state index < -0.39 is 0 Å². The minimum absolute atomic E-state index is 0.0169. The molecule has 7 heteroatoms. The van der Waals surface area contributed by atoms with Crippen LogP contribution in [0, 0.1) is 5.92 Å². The zero-order valence-electron chi connectivity index (χ0n) is 19.5. The maximum atomic E-state index is 12.0. The van der Waals surface area contributed by atoms with Crippen LogP contribution in [0.25, 0.3) is 0 Å². The first kappa shape index (κ1) is 23.5. The summed E-state index contributed by atoms with van der Waals surface area (Å²) >= 11 is 0. The normalized spacial score (nSPS) is 19.5. The predicted octanol–water partition coefficient (Wildman–Crippen LogP) is 2.17. The summed E-state index contributed by atoms with van der Waals surface area (Å²) in [5, 5.41) is 3.55. The second-order valence-corrected chi connectivity index (χ2v) is 8.39. The maximum Gasteiger partial charge on any atom is 0.309 e. The van der Waals surface area contributed by atoms with E-state index in [2.05, 4.69) is 56.2 Å². The maximum absolute atomic E-state index is 12.0. The van der Waals surface area contributed by atoms with Gasteiger partial charge in [-0.25, -0.2) is 0 Å². The van der Waals surface area contributed by atoms with Gasteiger partial charge in [-0.2, -0.15) is 0 Å². The van der Waals surface area contributed by atoms with E-state index in [4.69, 9.17) is 4.74 Å². The number of aliphatic imine (C=N–C) groups is 1. The standard InChI is InChI=1S/C24H39N5O2/c1-4-27-14-16-28(17-15-27)19-22-9-7-6-8-21(22)18-26-24(25-3)29-12-10-20(11-13-29)23(30)31-5-2/h6-9,20H,4-5,10-19H2,1-3H3,(H,25,26). The first-order valence-electron chi connectivity index (χ1n) is 11.8. The van der Waals surface area contributed by atoms with E-state index in [1.54, 1.807) is 0 Å². The van der Waals surface area contributed by atoms with E-state index in [1.807, 2.05) is 14.0 Å². The Bertz CT molecular complexity index is 722. The Balaban J connectivity index is 1.52. The highest BCUT2D eigenvalue weighted by Gasteiger charge is 2.27. The van der Waals surface area contributed by atoms with Crippen molar-refractivity contribution in [1.82, 2.24) is 20.0 Å². The van der Waals surface area contributed by atoms with E-state index in [0.29, 0.717) is 6.61 Å². The number of carbonyl (C=O) groups is 1. The fraction of sp³-hybridized carbons (Fsp3) is 0.667. The van der Waals surface area contributed by atoms with Crippen molar-refractivity contribution < 1.29 is 9.53 Å². The lowest BCUT2D eigenvalue weighted by atomic mass is 9.97. The average molecular weight is 430 g/mol. The molecule has 1 aromatic rings. The number of piperazine rings is 1. The molecule has 0 spiro atoms. The smallest absolute Gasteiger partial charge is 0.309 e. The van der Waals surface area contributed by atoms with E-state index in [1.165, 1.54) is 11.1 Å². The summed E-state index contributed by atoms with van der Waals surface area (Å²) in [6.45, 7) is 13.7. The van der Waals surface area contributed by atoms with Crippen molar-refractivity contribution >= 4 is 11.9 Å². The monoisotopic (exact) mass is 429 g/mol. The lowest BCUT2D eigenvalue weighted by molar-refractivity contribution is -0.149. The van der Waals surface area contributed by atoms with Gasteiger partial charge in [0.05, 0.1) is 12.5 Å². The van der Waals surface area contributed by atoms with E-state index >= 15 is 0 Å². The van der Waals surface area contributed by atoms with E-state index in [9.17, 15) is 4.79 Å². The molecule has 2 heterocycles. The summed E-state index contributed by atoms with van der Waals surface area (Å²) in [5.74, 6) is 0.871. The molecule has 1 N–H and O–H groups in total. The van der Waals surface area contributed by atoms with Crippen LogP contribution in [0.2, 0.25) is 0 Å². The summed E-state index contributed by atoms with van der Waals surface area (Å²) in [4.78, 5) is 23.8. The highest BCUT2D eigenvalue weighted by Crippen LogP contribution is 2.19. The predicted molar refractivity (Wildman–Crippen MR) is 125 cm³/mol. The van der Waals surface area contributed by atoms with Crippen LogP contribution in [0.3, 0.4) is 0 Å². The third-order valence-electron chi connectivity index (χ3n) is 6.49. The average Bonchev–Trinajstić information content (AvgIpc) is 2.81. The van der Waals surface area contributed by atoms with Gasteiger partial charge in [0.25, 0.3) is 0 Å². The Kier molecular flexibility index (Phi) is 9.15. The lowest BCUT2D eigenvalue weighted by Crippen LogP contribution is -2.47. The molecule has 1 aromatic carbocycles. The van der Waals surface area contributed by atoms with Gasteiger partial charge in [-0.1, -0.05) is 31.2 Å². The van der Waals surface area contributed by atoms with Gasteiger partial charge >= 0.3 is 5.97 Å². The Labute approximate surface area is 187 Å². The molecule has 2 aliphatic rings. The molecule has 31 heavy (non-hydrogen) atoms. The number of likely N-dealkylation sites (N-methyl/N-ethyl adjacent to an activating group) is 1. The number of likely N-dealkylation sites (tertiary alicyclic amines) is 1. The topological polar surface area (TPSA) is 60.4 Å². The number of rotatable bonds is 7. The quantitative estimate of drug-likeness (QED) is 0.407. The number of nitrogens with zero attached hydrogens (tertiary/aromatic N) is 4. The van der Waals surface area contributed by atoms with Crippen molar-refractivity contribution in [2.45, 2.75) is 39.8 Å². The third-order valence-corrected chi connectivity index (χ3v) is 6.49. The molecule has 0 saturated carbocycles. The lowest BCUT2D eigenvalue weighted by Gasteiger charge is -2.34. The van der Waals surface area contributed by atoms with Gasteiger partial charge in [0.2, 0.25) is 0 Å². The minimum Gasteiger partial charge on any atom is -0.466 e. The van der Waals surface area contributed by atoms with Gasteiger partial charge in [0, 0.05) is 59.4 Å². The molecule has 2 fully saturated rings. The Morgan fingerprint density at radius 2 is 1.68 bits per heavy atom. The van der Waals surface area contributed by atoms with Gasteiger partial charge in [0.15, 0.2) is 5.96 Å². The molecule has 172 valence electrons. The number of piperidine rings is 1. The number of benzene rings is 1. The second kappa shape index (κ2) is 12.1. The van der Waals surface area contributed by atoms with Crippen molar-refractivity contribution in [2.75, 3.05) is 59.5 Å². The first-order chi connectivity index (χ1) is 15.1. The minimum atomic E-state index is -0.0567. The number of hydrogen-bond acceptors (Lipinski definition) is 5. The van der Waals surface area contributed by atoms with Gasteiger partial charge < -0.3 is 19.9 Å². The van der Waals surface area contributed by atoms with Crippen molar-refractivity contribution in [3.05, 3.63) is 35.4 Å². The van der Waals surface area contributed by atoms with Gasteiger partial charge in [-0.15, -0.1) is 0 Å². The zero-order chi connectivity index (χ0) is 22.1. The van der Waals surface area contributed by atoms with Crippen LogP contribution < -0.4 is 5.32 Å². The Morgan fingerprint density at radius 1 is 1.03 bits per heavy atom. The molecule has 0 aromatic heterocycles. The van der Waals surface area contributed by atoms with Crippen molar-refractivity contribution in [1.29, 1.82) is 0 Å². The molecule has 2 aliphatic heterocycles. The molecule has 7 nitrogen and oxygen atoms in total. The highest BCUT2D eigenvalue weighted by molar-refractivity contribution is 5.80. The van der Waals surface area contributed by atoms with Crippen LogP contribution in [0.4, 0.5) is 0 Å². The van der Waals surface area contributed by atoms with Gasteiger partial charge in [-0.3, -0.25) is 14.7 Å². The number of guanidine groups is 1. The molecule has 0 unspecified atom stereocenters. The second-order valence-electron chi connectivity index (χ2n) is 8.39. The van der Waals surface area contributed by atoms with Crippen LogP contribution in [-0.2, 0) is 22.6 Å². The molecule has 2 saturated heterocycles. The summed E-state index contributed by atoms with van der Waals surface area (Å²) in [6.07, 6.45) is 1.64. The Hall–Kier alpha value is -2.12. The summed E-state index contributed by atoms with van der Waals surface area (Å²) in [7, 11) is 1.83. The molecule has 0 bridgehead atoms. The molecule has 3 rings (SSSR count). The fourth-order valence-corrected chi connectivity index (χ4v) is 4.48. The van der Waals surface area contributed by atoms with Crippen LogP contribution >= 0.6 is 0 Å². The molecule has 0 amide bonds. The summed E-state index contributed by atoms with van der Waals surface area (Å²) < 4.78 is 5.19. The largest absolute Gasteiger partial charge is 0.466 e. The van der Waals surface area contributed by atoms with Crippen molar-refractivity contribution in [3.63, 3.8) is 0 Å². The van der Waals surface area contributed by atoms with E-state index in [-0.39, 0.29) is 11.9 Å². The summed E-state index contributed by atoms with van der Waals surface area (Å²) in [6, 6.07) is 8.71. The fourth-order valence-electron chi connectivity index (χ4n) is 4.48. The number of ether oxygens (including phenoxy) is 1. The third kappa shape index (κ3) is 6.68. The number of hydrogen-bond donors (Lipinski definition) is 1. The molecule has 0 aliphatic carbocycles. The Morgan fingerprint density at radius 3 is 2.29 bits per heavy atom. The van der Waals surface area contributed by atoms with Crippen LogP contribution in [0.1, 0.15) is 37.8 Å². The highest BCUT2D eigenvalue weighted by atomic mass is 16.5. The van der Waals surface area contributed by atoms with Crippen LogP contribution in [-0.4, -0.2) is 86.1 Å².